The Bertz CT molecular complexity index is 1750. The minimum Gasteiger partial charge on any atom is -0.396 e. The first-order valence-electron chi connectivity index (χ1n) is 14.5. The van der Waals surface area contributed by atoms with Gasteiger partial charge in [-0.3, -0.25) is 13.9 Å². The van der Waals surface area contributed by atoms with Gasteiger partial charge < -0.3 is 20.8 Å². The maximum Gasteiger partial charge on any atom is 0.251 e. The zero-order valence-corrected chi connectivity index (χ0v) is 26.5. The number of aromatic nitrogens is 3. The third-order valence-electron chi connectivity index (χ3n) is 7.43. The van der Waals surface area contributed by atoms with Crippen molar-refractivity contribution in [3.63, 3.8) is 0 Å². The van der Waals surface area contributed by atoms with Crippen molar-refractivity contribution in [1.82, 2.24) is 25.6 Å². The molecule has 12 nitrogen and oxygen atoms in total. The van der Waals surface area contributed by atoms with E-state index in [0.29, 0.717) is 17.7 Å². The number of hydrogen-bond acceptors (Lipinski definition) is 8. The maximum atomic E-state index is 13.7. The van der Waals surface area contributed by atoms with E-state index in [9.17, 15) is 32.6 Å². The summed E-state index contributed by atoms with van der Waals surface area (Å²) >= 11 is 0. The molecule has 0 aliphatic carbocycles. The minimum absolute atomic E-state index is 0.0103. The molecule has 0 saturated heterocycles. The lowest BCUT2D eigenvalue weighted by Crippen LogP contribution is -2.46. The number of benzene rings is 3. The molecule has 4 N–H and O–H groups in total. The second-order valence-corrected chi connectivity index (χ2v) is 13.0. The number of hydrogen-bond donors (Lipinski definition) is 4. The van der Waals surface area contributed by atoms with E-state index in [1.165, 1.54) is 54.2 Å². The summed E-state index contributed by atoms with van der Waals surface area (Å²) in [7, 11) is -2.46. The summed E-state index contributed by atoms with van der Waals surface area (Å²) in [6.45, 7) is 1.59. The van der Waals surface area contributed by atoms with Crippen LogP contribution in [0.3, 0.4) is 0 Å². The summed E-state index contributed by atoms with van der Waals surface area (Å²) in [5, 5.41) is 34.0. The molecule has 3 aromatic carbocycles. The minimum atomic E-state index is -3.76. The number of anilines is 1. The molecule has 46 heavy (non-hydrogen) atoms. The second-order valence-electron chi connectivity index (χ2n) is 11.0. The highest BCUT2D eigenvalue weighted by atomic mass is 32.2. The van der Waals surface area contributed by atoms with Crippen LogP contribution in [0, 0.1) is 5.82 Å². The van der Waals surface area contributed by atoms with Crippen LogP contribution >= 0.6 is 0 Å². The number of rotatable bonds is 14. The molecule has 4 rings (SSSR count). The van der Waals surface area contributed by atoms with Crippen LogP contribution in [0.1, 0.15) is 50.5 Å². The molecule has 14 heteroatoms. The van der Waals surface area contributed by atoms with E-state index in [0.717, 1.165) is 16.1 Å². The number of sulfonamides is 1. The van der Waals surface area contributed by atoms with Crippen molar-refractivity contribution in [2.24, 2.45) is 0 Å². The van der Waals surface area contributed by atoms with E-state index in [2.05, 4.69) is 20.9 Å². The van der Waals surface area contributed by atoms with Gasteiger partial charge in [-0.15, -0.1) is 5.10 Å². The van der Waals surface area contributed by atoms with Crippen molar-refractivity contribution in [2.75, 3.05) is 24.2 Å². The van der Waals surface area contributed by atoms with Gasteiger partial charge in [0.2, 0.25) is 10.0 Å². The van der Waals surface area contributed by atoms with Gasteiger partial charge in [0.05, 0.1) is 42.4 Å². The lowest BCUT2D eigenvalue weighted by Gasteiger charge is -2.25. The van der Waals surface area contributed by atoms with Crippen molar-refractivity contribution in [1.29, 1.82) is 0 Å². The van der Waals surface area contributed by atoms with Gasteiger partial charge in [0.15, 0.2) is 0 Å². The number of aliphatic hydroxyl groups is 2. The topological polar surface area (TPSA) is 167 Å². The summed E-state index contributed by atoms with van der Waals surface area (Å²) in [5.41, 5.74) is 2.12. The molecule has 0 spiro atoms. The van der Waals surface area contributed by atoms with Gasteiger partial charge in [-0.1, -0.05) is 47.7 Å². The predicted octanol–water partition coefficient (Wildman–Crippen LogP) is 2.24. The first kappa shape index (κ1) is 34.2. The number of carbonyl (C=O) groups excluding carboxylic acids is 2. The normalized spacial score (nSPS) is 13.4. The van der Waals surface area contributed by atoms with E-state index in [1.807, 2.05) is 30.3 Å². The van der Waals surface area contributed by atoms with E-state index in [1.54, 1.807) is 13.1 Å². The Morgan fingerprint density at radius 3 is 2.24 bits per heavy atom. The summed E-state index contributed by atoms with van der Waals surface area (Å²) in [4.78, 5) is 27.1. The summed E-state index contributed by atoms with van der Waals surface area (Å²) in [5.74, 6) is -1.65. The number of carbonyl (C=O) groups is 2. The number of nitrogens with one attached hydrogen (secondary N) is 2. The average Bonchev–Trinajstić information content (AvgIpc) is 3.47. The van der Waals surface area contributed by atoms with Gasteiger partial charge >= 0.3 is 0 Å². The van der Waals surface area contributed by atoms with Crippen LogP contribution in [-0.2, 0) is 29.4 Å². The van der Waals surface area contributed by atoms with Crippen LogP contribution in [0.5, 0.6) is 0 Å². The highest BCUT2D eigenvalue weighted by molar-refractivity contribution is 7.92. The molecular weight excluding hydrogens is 615 g/mol. The molecule has 0 aliphatic rings. The largest absolute Gasteiger partial charge is 0.396 e. The Morgan fingerprint density at radius 2 is 1.63 bits per heavy atom. The first-order chi connectivity index (χ1) is 21.8. The smallest absolute Gasteiger partial charge is 0.251 e. The molecule has 1 aromatic heterocycles. The Labute approximate surface area is 266 Å². The van der Waals surface area contributed by atoms with Gasteiger partial charge in [-0.2, -0.15) is 0 Å². The van der Waals surface area contributed by atoms with Crippen LogP contribution in [-0.4, -0.2) is 77.5 Å². The second kappa shape index (κ2) is 15.1. The molecule has 0 bridgehead atoms. The zero-order chi connectivity index (χ0) is 33.4. The molecule has 3 atom stereocenters. The molecule has 2 amide bonds. The molecule has 0 unspecified atom stereocenters. The van der Waals surface area contributed by atoms with Gasteiger partial charge in [0, 0.05) is 37.4 Å². The molecule has 0 fully saturated rings. The van der Waals surface area contributed by atoms with Crippen molar-refractivity contribution in [3.05, 3.63) is 113 Å². The fourth-order valence-corrected chi connectivity index (χ4v) is 5.23. The fourth-order valence-electron chi connectivity index (χ4n) is 4.74. The molecule has 1 heterocycles. The molecule has 0 radical (unpaired) electrons. The maximum absolute atomic E-state index is 13.7. The molecule has 244 valence electrons. The van der Waals surface area contributed by atoms with Crippen molar-refractivity contribution in [3.8, 4) is 0 Å². The highest BCUT2D eigenvalue weighted by Crippen LogP contribution is 2.23. The van der Waals surface area contributed by atoms with Crippen molar-refractivity contribution < 1.29 is 32.6 Å². The average molecular weight is 653 g/mol. The Morgan fingerprint density at radius 1 is 1.00 bits per heavy atom. The van der Waals surface area contributed by atoms with Crippen LogP contribution in [0.2, 0.25) is 0 Å². The molecule has 0 saturated carbocycles. The summed E-state index contributed by atoms with van der Waals surface area (Å²) < 4.78 is 40.6. The quantitative estimate of drug-likeness (QED) is 0.161. The standard InChI is InChI=1S/C32H37FN6O6S/c1-21(23-9-11-26(33)12-10-23)34-31(42)24-16-25(18-28(17-24)38(2)46(3,44)45)32(43)35-29(15-22-7-5-4-6-8-22)30(41)20-39-19-27(13-14-40)36-37-39/h4-12,16-19,21,29-30,40-41H,13-15,20H2,1-3H3,(H,34,42)(H,35,43)/t21-,29+,30+/m1/s1. The lowest BCUT2D eigenvalue weighted by molar-refractivity contribution is 0.0778. The Kier molecular flexibility index (Phi) is 11.2. The monoisotopic (exact) mass is 652 g/mol. The van der Waals surface area contributed by atoms with E-state index in [-0.39, 0.29) is 36.4 Å². The third kappa shape index (κ3) is 9.19. The SMILES string of the molecule is C[C@@H](NC(=O)c1cc(C(=O)N[C@@H](Cc2ccccc2)[C@@H](O)Cn2cc(CCO)nn2)cc(N(C)S(C)(=O)=O)c1)c1ccc(F)cc1. The van der Waals surface area contributed by atoms with Crippen LogP contribution < -0.4 is 14.9 Å². The van der Waals surface area contributed by atoms with Crippen LogP contribution in [0.15, 0.2) is 79.0 Å². The number of halogens is 1. The number of aliphatic hydroxyl groups excluding tert-OH is 2. The summed E-state index contributed by atoms with van der Waals surface area (Å²) in [6, 6.07) is 17.5. The molecule has 4 aromatic rings. The summed E-state index contributed by atoms with van der Waals surface area (Å²) in [6.07, 6.45) is 2.02. The van der Waals surface area contributed by atoms with E-state index in [4.69, 9.17) is 0 Å². The molecule has 0 aliphatic heterocycles. The van der Waals surface area contributed by atoms with Gasteiger partial charge in [-0.05, 0) is 54.8 Å². The van der Waals surface area contributed by atoms with Crippen LogP contribution in [0.25, 0.3) is 0 Å². The van der Waals surface area contributed by atoms with E-state index >= 15 is 0 Å². The van der Waals surface area contributed by atoms with Gasteiger partial charge in [0.1, 0.15) is 5.82 Å². The predicted molar refractivity (Wildman–Crippen MR) is 170 cm³/mol. The highest BCUT2D eigenvalue weighted by Gasteiger charge is 2.26. The third-order valence-corrected chi connectivity index (χ3v) is 8.63. The molecular formula is C32H37FN6O6S. The Balaban J connectivity index is 1.63. The van der Waals surface area contributed by atoms with Crippen LogP contribution in [0.4, 0.5) is 10.1 Å². The Hall–Kier alpha value is -4.66. The number of nitrogens with zero attached hydrogens (tertiary/aromatic N) is 4. The van der Waals surface area contributed by atoms with Gasteiger partial charge in [0.25, 0.3) is 11.8 Å². The van der Waals surface area contributed by atoms with E-state index < -0.39 is 45.8 Å². The number of amides is 2. The van der Waals surface area contributed by atoms with Crippen molar-refractivity contribution >= 4 is 27.5 Å². The van der Waals surface area contributed by atoms with Gasteiger partial charge in [-0.25, -0.2) is 17.5 Å². The fraction of sp³-hybridized carbons (Fsp3) is 0.312. The lowest BCUT2D eigenvalue weighted by atomic mass is 10.00. The van der Waals surface area contributed by atoms with Crippen molar-refractivity contribution in [2.45, 2.75) is 44.5 Å². The zero-order valence-electron chi connectivity index (χ0n) is 25.7. The first-order valence-corrected chi connectivity index (χ1v) is 16.4.